The zero-order valence-electron chi connectivity index (χ0n) is 14.5. The van der Waals surface area contributed by atoms with Gasteiger partial charge in [0.2, 0.25) is 0 Å². The van der Waals surface area contributed by atoms with E-state index in [9.17, 15) is 0 Å². The van der Waals surface area contributed by atoms with Gasteiger partial charge < -0.3 is 16.0 Å². The van der Waals surface area contributed by atoms with Crippen LogP contribution in [0.1, 0.15) is 13.3 Å². The number of anilines is 1. The molecule has 0 aliphatic carbocycles. The first-order valence-corrected chi connectivity index (χ1v) is 9.06. The SMILES string of the molecule is CC[C@@H](N)CNc1c(-c2nc3ccccc3[nH]2)cnc2ccc(Cl)cc12. The van der Waals surface area contributed by atoms with Crippen LogP contribution in [-0.4, -0.2) is 27.5 Å². The van der Waals surface area contributed by atoms with Crippen LogP contribution in [0.2, 0.25) is 5.02 Å². The fraction of sp³-hybridized carbons (Fsp3) is 0.200. The molecule has 2 aromatic carbocycles. The number of imidazole rings is 1. The van der Waals surface area contributed by atoms with E-state index in [1.54, 1.807) is 0 Å². The predicted molar refractivity (Wildman–Crippen MR) is 109 cm³/mol. The molecule has 4 aromatic rings. The Hall–Kier alpha value is -2.63. The summed E-state index contributed by atoms with van der Waals surface area (Å²) in [5, 5.41) is 5.12. The quantitative estimate of drug-likeness (QED) is 0.483. The Morgan fingerprint density at radius 2 is 2.04 bits per heavy atom. The van der Waals surface area contributed by atoms with Crippen molar-refractivity contribution in [1.82, 2.24) is 15.0 Å². The lowest BCUT2D eigenvalue weighted by molar-refractivity contribution is 0.679. The van der Waals surface area contributed by atoms with Gasteiger partial charge in [0.05, 0.1) is 27.8 Å². The van der Waals surface area contributed by atoms with Gasteiger partial charge in [-0.2, -0.15) is 0 Å². The van der Waals surface area contributed by atoms with Crippen LogP contribution in [0, 0.1) is 0 Å². The van der Waals surface area contributed by atoms with Crippen LogP contribution in [-0.2, 0) is 0 Å². The Morgan fingerprint density at radius 1 is 1.19 bits per heavy atom. The van der Waals surface area contributed by atoms with Gasteiger partial charge in [-0.3, -0.25) is 4.98 Å². The van der Waals surface area contributed by atoms with Gasteiger partial charge in [0, 0.05) is 29.2 Å². The molecule has 0 aliphatic heterocycles. The topological polar surface area (TPSA) is 79.6 Å². The van der Waals surface area contributed by atoms with E-state index in [0.29, 0.717) is 11.6 Å². The Kier molecular flexibility index (Phi) is 4.49. The van der Waals surface area contributed by atoms with Gasteiger partial charge in [0.1, 0.15) is 5.82 Å². The molecule has 0 aliphatic rings. The number of benzene rings is 2. The highest BCUT2D eigenvalue weighted by Gasteiger charge is 2.15. The van der Waals surface area contributed by atoms with E-state index in [0.717, 1.165) is 45.4 Å². The number of nitrogens with zero attached hydrogens (tertiary/aromatic N) is 2. The zero-order valence-corrected chi connectivity index (χ0v) is 15.2. The maximum Gasteiger partial charge on any atom is 0.142 e. The minimum Gasteiger partial charge on any atom is -0.382 e. The van der Waals surface area contributed by atoms with Crippen molar-refractivity contribution in [3.05, 3.63) is 53.7 Å². The lowest BCUT2D eigenvalue weighted by atomic mass is 10.1. The van der Waals surface area contributed by atoms with Gasteiger partial charge in [0.15, 0.2) is 0 Å². The third-order valence-electron chi connectivity index (χ3n) is 4.54. The Morgan fingerprint density at radius 3 is 2.85 bits per heavy atom. The minimum atomic E-state index is 0.0703. The second-order valence-electron chi connectivity index (χ2n) is 6.36. The highest BCUT2D eigenvalue weighted by molar-refractivity contribution is 6.31. The number of hydrogen-bond acceptors (Lipinski definition) is 4. The van der Waals surface area contributed by atoms with Gasteiger partial charge in [-0.25, -0.2) is 4.98 Å². The molecule has 132 valence electrons. The average molecular weight is 366 g/mol. The maximum atomic E-state index is 6.24. The summed E-state index contributed by atoms with van der Waals surface area (Å²) in [6.07, 6.45) is 2.74. The average Bonchev–Trinajstić information content (AvgIpc) is 3.09. The van der Waals surface area contributed by atoms with Crippen molar-refractivity contribution in [3.63, 3.8) is 0 Å². The number of halogens is 1. The van der Waals surface area contributed by atoms with E-state index in [4.69, 9.17) is 22.3 Å². The van der Waals surface area contributed by atoms with Gasteiger partial charge in [-0.15, -0.1) is 0 Å². The molecule has 1 atom stereocenters. The number of hydrogen-bond donors (Lipinski definition) is 3. The lowest BCUT2D eigenvalue weighted by Gasteiger charge is -2.16. The fourth-order valence-corrected chi connectivity index (χ4v) is 3.16. The molecule has 0 radical (unpaired) electrons. The first kappa shape index (κ1) is 16.8. The summed E-state index contributed by atoms with van der Waals surface area (Å²) in [7, 11) is 0. The zero-order chi connectivity index (χ0) is 18.1. The Bertz CT molecular complexity index is 1040. The smallest absolute Gasteiger partial charge is 0.142 e. The molecule has 4 N–H and O–H groups in total. The van der Waals surface area contributed by atoms with Crippen LogP contribution in [0.4, 0.5) is 5.69 Å². The van der Waals surface area contributed by atoms with Crippen molar-refractivity contribution in [2.24, 2.45) is 5.73 Å². The molecule has 0 saturated heterocycles. The van der Waals surface area contributed by atoms with E-state index >= 15 is 0 Å². The molecule has 26 heavy (non-hydrogen) atoms. The lowest BCUT2D eigenvalue weighted by Crippen LogP contribution is -2.28. The Labute approximate surface area is 156 Å². The number of rotatable bonds is 5. The van der Waals surface area contributed by atoms with Crippen LogP contribution in [0.5, 0.6) is 0 Å². The molecule has 0 spiro atoms. The van der Waals surface area contributed by atoms with E-state index < -0.39 is 0 Å². The molecule has 0 fully saturated rings. The normalized spacial score (nSPS) is 12.6. The molecule has 0 saturated carbocycles. The maximum absolute atomic E-state index is 6.24. The number of nitrogens with two attached hydrogens (primary N) is 1. The summed E-state index contributed by atoms with van der Waals surface area (Å²) in [4.78, 5) is 12.7. The third kappa shape index (κ3) is 3.11. The van der Waals surface area contributed by atoms with Gasteiger partial charge >= 0.3 is 0 Å². The number of nitrogens with one attached hydrogen (secondary N) is 2. The Balaban J connectivity index is 1.89. The summed E-state index contributed by atoms with van der Waals surface area (Å²) in [6, 6.07) is 13.7. The van der Waals surface area contributed by atoms with Crippen molar-refractivity contribution < 1.29 is 0 Å². The molecular formula is C20H20ClN5. The highest BCUT2D eigenvalue weighted by atomic mass is 35.5. The molecule has 0 bridgehead atoms. The molecule has 2 aromatic heterocycles. The largest absolute Gasteiger partial charge is 0.382 e. The van der Waals surface area contributed by atoms with E-state index in [1.165, 1.54) is 0 Å². The first-order valence-electron chi connectivity index (χ1n) is 8.68. The van der Waals surface area contributed by atoms with Gasteiger partial charge in [0.25, 0.3) is 0 Å². The van der Waals surface area contributed by atoms with Gasteiger partial charge in [-0.05, 0) is 36.8 Å². The number of aromatic nitrogens is 3. The first-order chi connectivity index (χ1) is 12.7. The number of fused-ring (bicyclic) bond motifs is 2. The molecule has 0 amide bonds. The number of pyridine rings is 1. The van der Waals surface area contributed by atoms with Crippen LogP contribution in [0.25, 0.3) is 33.3 Å². The van der Waals surface area contributed by atoms with E-state index in [1.807, 2.05) is 48.7 Å². The van der Waals surface area contributed by atoms with Crippen molar-refractivity contribution in [1.29, 1.82) is 0 Å². The van der Waals surface area contributed by atoms with Crippen molar-refractivity contribution >= 4 is 39.2 Å². The van der Waals surface area contributed by atoms with Crippen molar-refractivity contribution in [2.45, 2.75) is 19.4 Å². The molecule has 2 heterocycles. The fourth-order valence-electron chi connectivity index (χ4n) is 2.99. The predicted octanol–water partition coefficient (Wildman–Crippen LogP) is 4.58. The summed E-state index contributed by atoms with van der Waals surface area (Å²) in [5.74, 6) is 0.771. The molecule has 6 heteroatoms. The number of H-pyrrole nitrogens is 1. The molecule has 5 nitrogen and oxygen atoms in total. The van der Waals surface area contributed by atoms with Crippen molar-refractivity contribution in [3.8, 4) is 11.4 Å². The summed E-state index contributed by atoms with van der Waals surface area (Å²) in [5.41, 5.74) is 10.8. The van der Waals surface area contributed by atoms with Gasteiger partial charge in [-0.1, -0.05) is 30.7 Å². The minimum absolute atomic E-state index is 0.0703. The highest BCUT2D eigenvalue weighted by Crippen LogP contribution is 2.34. The van der Waals surface area contributed by atoms with Crippen LogP contribution in [0.15, 0.2) is 48.7 Å². The monoisotopic (exact) mass is 365 g/mol. The van der Waals surface area contributed by atoms with E-state index in [-0.39, 0.29) is 6.04 Å². The molecular weight excluding hydrogens is 346 g/mol. The molecule has 0 unspecified atom stereocenters. The standard InChI is InChI=1S/C20H20ClN5/c1-2-13(22)10-24-19-14-9-12(21)7-8-16(14)23-11-15(19)20-25-17-5-3-4-6-18(17)26-20/h3-9,11,13H,2,10,22H2,1H3,(H,23,24)(H,25,26)/t13-/m1/s1. The summed E-state index contributed by atoms with van der Waals surface area (Å²) in [6.45, 7) is 2.74. The second kappa shape index (κ2) is 6.94. The number of para-hydroxylation sites is 2. The van der Waals surface area contributed by atoms with Crippen LogP contribution < -0.4 is 11.1 Å². The number of aromatic amines is 1. The third-order valence-corrected chi connectivity index (χ3v) is 4.78. The second-order valence-corrected chi connectivity index (χ2v) is 6.80. The molecule has 4 rings (SSSR count). The summed E-state index contributed by atoms with van der Waals surface area (Å²) >= 11 is 6.24. The van der Waals surface area contributed by atoms with Crippen molar-refractivity contribution in [2.75, 3.05) is 11.9 Å². The van der Waals surface area contributed by atoms with Crippen LogP contribution in [0.3, 0.4) is 0 Å². The van der Waals surface area contributed by atoms with Crippen LogP contribution >= 0.6 is 11.6 Å². The van der Waals surface area contributed by atoms with E-state index in [2.05, 4.69) is 22.2 Å². The summed E-state index contributed by atoms with van der Waals surface area (Å²) < 4.78 is 0.